The number of fused-ring (bicyclic) bond motifs is 1. The van der Waals surface area contributed by atoms with Crippen molar-refractivity contribution in [3.63, 3.8) is 0 Å². The molecule has 0 aliphatic carbocycles. The topological polar surface area (TPSA) is 139 Å². The van der Waals surface area contributed by atoms with Crippen LogP contribution in [0.15, 0.2) is 10.6 Å². The van der Waals surface area contributed by atoms with Gasteiger partial charge in [0.05, 0.1) is 18.0 Å². The zero-order valence-electron chi connectivity index (χ0n) is 19.0. The second-order valence-electron chi connectivity index (χ2n) is 8.89. The fraction of sp³-hybridized carbons (Fsp3) is 0.737. The van der Waals surface area contributed by atoms with E-state index in [-0.39, 0.29) is 28.8 Å². The van der Waals surface area contributed by atoms with Crippen molar-refractivity contribution in [2.24, 2.45) is 11.8 Å². The van der Waals surface area contributed by atoms with Gasteiger partial charge in [-0.05, 0) is 13.3 Å². The predicted molar refractivity (Wildman–Crippen MR) is 120 cm³/mol. The fourth-order valence-corrected chi connectivity index (χ4v) is 6.89. The van der Waals surface area contributed by atoms with E-state index in [0.717, 1.165) is 4.31 Å². The second-order valence-corrected chi connectivity index (χ2v) is 12.2. The average Bonchev–Trinajstić information content (AvgIpc) is 3.23. The lowest BCUT2D eigenvalue weighted by Crippen LogP contribution is -2.66. The van der Waals surface area contributed by atoms with Crippen LogP contribution in [0.3, 0.4) is 0 Å². The maximum absolute atomic E-state index is 12.9. The fourth-order valence-electron chi connectivity index (χ4n) is 4.58. The number of aliphatic carboxylic acids is 1. The summed E-state index contributed by atoms with van der Waals surface area (Å²) in [5, 5.41) is 13.0. The molecule has 3 aliphatic rings. The van der Waals surface area contributed by atoms with Gasteiger partial charge >= 0.3 is 5.97 Å². The Morgan fingerprint density at radius 3 is 2.44 bits per heavy atom. The van der Waals surface area contributed by atoms with Crippen LogP contribution in [0.4, 0.5) is 0 Å². The number of thioether (sulfide) groups is 1. The zero-order valence-corrected chi connectivity index (χ0v) is 20.7. The number of carbonyl (C=O) groups is 3. The Labute approximate surface area is 192 Å². The van der Waals surface area contributed by atoms with Gasteiger partial charge in [-0.15, -0.1) is 11.8 Å². The lowest BCUT2D eigenvalue weighted by atomic mass is 9.78. The second kappa shape index (κ2) is 8.93. The number of amides is 2. The molecule has 0 saturated carbocycles. The van der Waals surface area contributed by atoms with Gasteiger partial charge in [-0.3, -0.25) is 9.59 Å². The van der Waals surface area contributed by atoms with Crippen molar-refractivity contribution in [3.8, 4) is 0 Å². The normalized spacial score (nSPS) is 31.0. The summed E-state index contributed by atoms with van der Waals surface area (Å²) in [5.41, 5.74) is -0.0289. The van der Waals surface area contributed by atoms with Crippen LogP contribution in [0, 0.1) is 11.8 Å². The largest absolute Gasteiger partial charge is 0.477 e. The van der Waals surface area contributed by atoms with Gasteiger partial charge in [0.25, 0.3) is 10.2 Å². The first kappa shape index (κ1) is 25.0. The number of carbonyl (C=O) groups excluding carboxylic acids is 2. The van der Waals surface area contributed by atoms with Crippen molar-refractivity contribution in [2.75, 3.05) is 34.7 Å². The molecule has 32 heavy (non-hydrogen) atoms. The van der Waals surface area contributed by atoms with Crippen molar-refractivity contribution in [3.05, 3.63) is 10.6 Å². The summed E-state index contributed by atoms with van der Waals surface area (Å²) in [4.78, 5) is 40.6. The van der Waals surface area contributed by atoms with E-state index in [1.165, 1.54) is 35.7 Å². The van der Waals surface area contributed by atoms with Gasteiger partial charge in [-0.25, -0.2) is 4.79 Å². The molecule has 0 radical (unpaired) electrons. The minimum atomic E-state index is -3.74. The molecule has 2 amide bonds. The number of hydrogen-bond donors (Lipinski definition) is 3. The lowest BCUT2D eigenvalue weighted by Gasteiger charge is -2.47. The van der Waals surface area contributed by atoms with E-state index >= 15 is 0 Å². The molecule has 3 N–H and O–H groups in total. The summed E-state index contributed by atoms with van der Waals surface area (Å²) in [6.07, 6.45) is 0.561. The van der Waals surface area contributed by atoms with Crippen molar-refractivity contribution in [2.45, 2.75) is 43.6 Å². The minimum Gasteiger partial charge on any atom is -0.477 e. The van der Waals surface area contributed by atoms with Gasteiger partial charge in [-0.2, -0.15) is 17.4 Å². The molecule has 3 heterocycles. The maximum Gasteiger partial charge on any atom is 0.353 e. The Balaban J connectivity index is 1.78. The Morgan fingerprint density at radius 1 is 1.28 bits per heavy atom. The molecule has 0 unspecified atom stereocenters. The summed E-state index contributed by atoms with van der Waals surface area (Å²) in [7, 11) is 2.43. The molecular formula is C19H31N5O6S2. The monoisotopic (exact) mass is 489 g/mol. The molecule has 2 saturated heterocycles. The molecule has 0 spiro atoms. The highest BCUT2D eigenvalue weighted by Gasteiger charge is 2.60. The van der Waals surface area contributed by atoms with Crippen molar-refractivity contribution >= 4 is 39.8 Å². The smallest absolute Gasteiger partial charge is 0.353 e. The first-order valence-corrected chi connectivity index (χ1v) is 12.7. The highest BCUT2D eigenvalue weighted by Crippen LogP contribution is 2.51. The predicted octanol–water partition coefficient (Wildman–Crippen LogP) is -0.904. The van der Waals surface area contributed by atoms with Gasteiger partial charge in [0.15, 0.2) is 0 Å². The summed E-state index contributed by atoms with van der Waals surface area (Å²) >= 11 is 1.40. The first-order chi connectivity index (χ1) is 14.8. The molecule has 0 aromatic heterocycles. The molecule has 0 aromatic carbocycles. The quantitative estimate of drug-likeness (QED) is 0.373. The SMILES string of the molecule is C[C@@H](NS(=O)(=O)N(C)C)[C@H]1C(=O)N2C(C(=O)O)=C(S[C@@H]3CN[C@H](C(=O)N(C)C)C3)[C@H](C)[C@H]12. The number of carboxylic acid groups (broad SMARTS) is 1. The third-order valence-electron chi connectivity index (χ3n) is 6.27. The average molecular weight is 490 g/mol. The van der Waals surface area contributed by atoms with Gasteiger partial charge in [0, 0.05) is 56.9 Å². The Hall–Kier alpha value is -1.67. The summed E-state index contributed by atoms with van der Waals surface area (Å²) in [5.74, 6) is -2.52. The zero-order chi connectivity index (χ0) is 24.1. The third kappa shape index (κ3) is 4.28. The number of rotatable bonds is 8. The number of β-lactam (4-membered cyclic amide) rings is 1. The molecule has 6 atom stereocenters. The molecular weight excluding hydrogens is 458 g/mol. The number of nitrogens with zero attached hydrogens (tertiary/aromatic N) is 3. The Morgan fingerprint density at radius 2 is 1.91 bits per heavy atom. The molecule has 13 heteroatoms. The number of carboxylic acids is 1. The molecule has 180 valence electrons. The van der Waals surface area contributed by atoms with Crippen LogP contribution in [0.5, 0.6) is 0 Å². The van der Waals surface area contributed by atoms with Crippen LogP contribution in [-0.4, -0.2) is 104 Å². The first-order valence-electron chi connectivity index (χ1n) is 10.4. The third-order valence-corrected chi connectivity index (χ3v) is 9.41. The maximum atomic E-state index is 12.9. The van der Waals surface area contributed by atoms with E-state index in [1.54, 1.807) is 21.0 Å². The van der Waals surface area contributed by atoms with Crippen LogP contribution >= 0.6 is 11.8 Å². The van der Waals surface area contributed by atoms with Crippen LogP contribution in [0.2, 0.25) is 0 Å². The number of likely N-dealkylation sites (N-methyl/N-ethyl adjacent to an activating group) is 1. The Bertz CT molecular complexity index is 950. The van der Waals surface area contributed by atoms with E-state index in [9.17, 15) is 27.9 Å². The highest BCUT2D eigenvalue weighted by atomic mass is 32.2. The van der Waals surface area contributed by atoms with E-state index < -0.39 is 40.1 Å². The highest BCUT2D eigenvalue weighted by molar-refractivity contribution is 8.03. The summed E-state index contributed by atoms with van der Waals surface area (Å²) in [6, 6.07) is -1.43. The van der Waals surface area contributed by atoms with Crippen molar-refractivity contribution in [1.29, 1.82) is 0 Å². The molecule has 2 fully saturated rings. The van der Waals surface area contributed by atoms with Gasteiger partial charge in [0.2, 0.25) is 11.8 Å². The van der Waals surface area contributed by atoms with Gasteiger partial charge < -0.3 is 20.2 Å². The minimum absolute atomic E-state index is 0.00683. The molecule has 0 bridgehead atoms. The van der Waals surface area contributed by atoms with Crippen LogP contribution in [-0.2, 0) is 24.6 Å². The number of hydrogen-bond acceptors (Lipinski definition) is 7. The molecule has 0 aromatic rings. The van der Waals surface area contributed by atoms with Crippen LogP contribution in [0.25, 0.3) is 0 Å². The van der Waals surface area contributed by atoms with Crippen LogP contribution < -0.4 is 10.0 Å². The summed E-state index contributed by atoms with van der Waals surface area (Å²) < 4.78 is 28.0. The van der Waals surface area contributed by atoms with E-state index in [0.29, 0.717) is 17.9 Å². The van der Waals surface area contributed by atoms with Gasteiger partial charge in [-0.1, -0.05) is 6.92 Å². The van der Waals surface area contributed by atoms with Crippen molar-refractivity contribution in [1.82, 2.24) is 24.1 Å². The number of nitrogens with one attached hydrogen (secondary N) is 2. The standard InChI is InChI=1S/C19H31N5O6S2/c1-9-14-13(10(2)21-32(29,30)23(5)6)18(26)24(14)15(19(27)28)16(9)31-11-7-12(20-8-11)17(25)22(3)4/h9-14,20-21H,7-8H2,1-6H3,(H,27,28)/t9-,10-,11+,12+,13-,14-/m1/s1. The van der Waals surface area contributed by atoms with E-state index in [4.69, 9.17) is 0 Å². The van der Waals surface area contributed by atoms with E-state index in [2.05, 4.69) is 10.0 Å². The molecule has 3 aliphatic heterocycles. The molecule has 11 nitrogen and oxygen atoms in total. The Kier molecular flexibility index (Phi) is 6.97. The van der Waals surface area contributed by atoms with Gasteiger partial charge in [0.1, 0.15) is 5.70 Å². The summed E-state index contributed by atoms with van der Waals surface area (Å²) in [6.45, 7) is 4.05. The van der Waals surface area contributed by atoms with E-state index in [1.807, 2.05) is 6.92 Å². The molecule has 3 rings (SSSR count). The lowest BCUT2D eigenvalue weighted by molar-refractivity contribution is -0.157. The van der Waals surface area contributed by atoms with Crippen molar-refractivity contribution < 1.29 is 27.9 Å². The van der Waals surface area contributed by atoms with Crippen LogP contribution in [0.1, 0.15) is 20.3 Å².